The van der Waals surface area contributed by atoms with Gasteiger partial charge in [-0.2, -0.15) is 0 Å². The van der Waals surface area contributed by atoms with Gasteiger partial charge in [0, 0.05) is 26.2 Å². The van der Waals surface area contributed by atoms with Crippen LogP contribution in [0.15, 0.2) is 18.2 Å². The Labute approximate surface area is 142 Å². The minimum Gasteiger partial charge on any atom is -0.322 e. The van der Waals surface area contributed by atoms with Crippen molar-refractivity contribution in [2.45, 2.75) is 20.3 Å². The van der Waals surface area contributed by atoms with Crippen LogP contribution in [0.5, 0.6) is 0 Å². The molecule has 0 saturated carbocycles. The molecule has 1 heterocycles. The van der Waals surface area contributed by atoms with Gasteiger partial charge in [0.25, 0.3) is 0 Å². The third kappa shape index (κ3) is 4.77. The highest BCUT2D eigenvalue weighted by molar-refractivity contribution is 6.39. The van der Waals surface area contributed by atoms with Gasteiger partial charge in [-0.1, -0.05) is 43.1 Å². The van der Waals surface area contributed by atoms with Crippen LogP contribution in [0.4, 0.5) is 10.5 Å². The van der Waals surface area contributed by atoms with Crippen molar-refractivity contribution >= 4 is 34.9 Å². The van der Waals surface area contributed by atoms with Gasteiger partial charge >= 0.3 is 6.03 Å². The van der Waals surface area contributed by atoms with Crippen molar-refractivity contribution in [3.05, 3.63) is 28.2 Å². The zero-order valence-electron chi connectivity index (χ0n) is 13.1. The van der Waals surface area contributed by atoms with Crippen LogP contribution in [0.25, 0.3) is 0 Å². The SMILES string of the molecule is CC(C)CCN1CCN(C(=O)Nc2c(Cl)cccc2Cl)CC1. The van der Waals surface area contributed by atoms with E-state index >= 15 is 0 Å². The Balaban J connectivity index is 1.85. The number of amides is 2. The summed E-state index contributed by atoms with van der Waals surface area (Å²) in [7, 11) is 0. The lowest BCUT2D eigenvalue weighted by molar-refractivity contribution is 0.143. The van der Waals surface area contributed by atoms with Gasteiger partial charge in [-0.3, -0.25) is 4.90 Å². The number of nitrogens with zero attached hydrogens (tertiary/aromatic N) is 2. The monoisotopic (exact) mass is 343 g/mol. The second kappa shape index (κ2) is 8.04. The Morgan fingerprint density at radius 2 is 1.77 bits per heavy atom. The summed E-state index contributed by atoms with van der Waals surface area (Å²) in [4.78, 5) is 16.5. The van der Waals surface area contributed by atoms with Crippen molar-refractivity contribution in [3.8, 4) is 0 Å². The highest BCUT2D eigenvalue weighted by atomic mass is 35.5. The minimum atomic E-state index is -0.140. The number of para-hydroxylation sites is 1. The molecule has 1 aliphatic heterocycles. The number of benzene rings is 1. The summed E-state index contributed by atoms with van der Waals surface area (Å²) in [5, 5.41) is 3.73. The van der Waals surface area contributed by atoms with Crippen LogP contribution in [-0.2, 0) is 0 Å². The van der Waals surface area contributed by atoms with Crippen LogP contribution in [0.3, 0.4) is 0 Å². The fourth-order valence-corrected chi connectivity index (χ4v) is 2.91. The molecule has 1 saturated heterocycles. The maximum absolute atomic E-state index is 12.3. The number of piperazine rings is 1. The Morgan fingerprint density at radius 1 is 1.18 bits per heavy atom. The summed E-state index contributed by atoms with van der Waals surface area (Å²) in [5.41, 5.74) is 0.484. The standard InChI is InChI=1S/C16H23Cl2N3O/c1-12(2)6-7-20-8-10-21(11-9-20)16(22)19-15-13(17)4-3-5-14(15)18/h3-5,12H,6-11H2,1-2H3,(H,19,22). The second-order valence-corrected chi connectivity index (χ2v) is 6.85. The predicted molar refractivity (Wildman–Crippen MR) is 92.9 cm³/mol. The quantitative estimate of drug-likeness (QED) is 0.889. The first kappa shape index (κ1) is 17.4. The number of halogens is 2. The van der Waals surface area contributed by atoms with E-state index in [-0.39, 0.29) is 6.03 Å². The molecule has 1 N–H and O–H groups in total. The van der Waals surface area contributed by atoms with Gasteiger partial charge in [-0.15, -0.1) is 0 Å². The number of hydrogen-bond donors (Lipinski definition) is 1. The van der Waals surface area contributed by atoms with E-state index in [9.17, 15) is 4.79 Å². The topological polar surface area (TPSA) is 35.6 Å². The van der Waals surface area contributed by atoms with Crippen molar-refractivity contribution in [1.82, 2.24) is 9.80 Å². The summed E-state index contributed by atoms with van der Waals surface area (Å²) in [6.07, 6.45) is 1.20. The van der Waals surface area contributed by atoms with Gasteiger partial charge in [0.15, 0.2) is 0 Å². The zero-order chi connectivity index (χ0) is 16.1. The van der Waals surface area contributed by atoms with Crippen LogP contribution in [-0.4, -0.2) is 48.6 Å². The number of hydrogen-bond acceptors (Lipinski definition) is 2. The van der Waals surface area contributed by atoms with Crippen LogP contribution in [0.2, 0.25) is 10.0 Å². The van der Waals surface area contributed by atoms with Crippen molar-refractivity contribution in [2.75, 3.05) is 38.0 Å². The first-order valence-electron chi connectivity index (χ1n) is 7.69. The minimum absolute atomic E-state index is 0.140. The van der Waals surface area contributed by atoms with Crippen LogP contribution < -0.4 is 5.32 Å². The molecule has 1 aromatic carbocycles. The van der Waals surface area contributed by atoms with Crippen LogP contribution in [0, 0.1) is 5.92 Å². The fraction of sp³-hybridized carbons (Fsp3) is 0.562. The molecule has 0 spiro atoms. The summed E-state index contributed by atoms with van der Waals surface area (Å²) < 4.78 is 0. The molecule has 0 unspecified atom stereocenters. The number of urea groups is 1. The summed E-state index contributed by atoms with van der Waals surface area (Å²) in [5.74, 6) is 0.712. The first-order valence-corrected chi connectivity index (χ1v) is 8.45. The van der Waals surface area contributed by atoms with E-state index in [0.29, 0.717) is 21.7 Å². The van der Waals surface area contributed by atoms with Gasteiger partial charge in [0.2, 0.25) is 0 Å². The number of nitrogens with one attached hydrogen (secondary N) is 1. The molecule has 22 heavy (non-hydrogen) atoms. The smallest absolute Gasteiger partial charge is 0.322 e. The van der Waals surface area contributed by atoms with Crippen molar-refractivity contribution in [2.24, 2.45) is 5.92 Å². The van der Waals surface area contributed by atoms with E-state index in [4.69, 9.17) is 23.2 Å². The van der Waals surface area contributed by atoms with E-state index in [1.54, 1.807) is 18.2 Å². The van der Waals surface area contributed by atoms with E-state index in [0.717, 1.165) is 32.7 Å². The van der Waals surface area contributed by atoms with Crippen molar-refractivity contribution in [3.63, 3.8) is 0 Å². The Bertz CT molecular complexity index is 494. The lowest BCUT2D eigenvalue weighted by Crippen LogP contribution is -2.50. The van der Waals surface area contributed by atoms with Crippen molar-refractivity contribution in [1.29, 1.82) is 0 Å². The summed E-state index contributed by atoms with van der Waals surface area (Å²) >= 11 is 12.2. The highest BCUT2D eigenvalue weighted by Gasteiger charge is 2.22. The molecular weight excluding hydrogens is 321 g/mol. The summed E-state index contributed by atoms with van der Waals surface area (Å²) in [6.45, 7) is 8.85. The van der Waals surface area contributed by atoms with Gasteiger partial charge in [0.1, 0.15) is 0 Å². The molecule has 0 atom stereocenters. The maximum Gasteiger partial charge on any atom is 0.322 e. The average Bonchev–Trinajstić information content (AvgIpc) is 2.49. The highest BCUT2D eigenvalue weighted by Crippen LogP contribution is 2.30. The third-order valence-corrected chi connectivity index (χ3v) is 4.51. The molecule has 122 valence electrons. The predicted octanol–water partition coefficient (Wildman–Crippen LogP) is 4.19. The number of anilines is 1. The molecular formula is C16H23Cl2N3O. The van der Waals surface area contributed by atoms with Gasteiger partial charge < -0.3 is 10.2 Å². The molecule has 0 aromatic heterocycles. The van der Waals surface area contributed by atoms with E-state index in [2.05, 4.69) is 24.1 Å². The van der Waals surface area contributed by atoms with E-state index < -0.39 is 0 Å². The van der Waals surface area contributed by atoms with Gasteiger partial charge in [-0.05, 0) is 31.0 Å². The van der Waals surface area contributed by atoms with Crippen LogP contribution >= 0.6 is 23.2 Å². The molecule has 6 heteroatoms. The van der Waals surface area contributed by atoms with E-state index in [1.165, 1.54) is 6.42 Å². The molecule has 1 aliphatic rings. The Morgan fingerprint density at radius 3 is 2.32 bits per heavy atom. The third-order valence-electron chi connectivity index (χ3n) is 3.88. The molecule has 0 radical (unpaired) electrons. The number of carbonyl (C=O) groups is 1. The second-order valence-electron chi connectivity index (χ2n) is 6.04. The fourth-order valence-electron chi connectivity index (χ4n) is 2.42. The average molecular weight is 344 g/mol. The number of rotatable bonds is 4. The first-order chi connectivity index (χ1) is 10.5. The molecule has 0 bridgehead atoms. The summed E-state index contributed by atoms with van der Waals surface area (Å²) in [6, 6.07) is 5.05. The molecule has 2 amide bonds. The largest absolute Gasteiger partial charge is 0.322 e. The molecule has 1 fully saturated rings. The van der Waals surface area contributed by atoms with Crippen LogP contribution in [0.1, 0.15) is 20.3 Å². The molecule has 2 rings (SSSR count). The molecule has 1 aromatic rings. The van der Waals surface area contributed by atoms with Crippen molar-refractivity contribution < 1.29 is 4.79 Å². The molecule has 0 aliphatic carbocycles. The van der Waals surface area contributed by atoms with Gasteiger partial charge in [-0.25, -0.2) is 4.79 Å². The number of carbonyl (C=O) groups excluding carboxylic acids is 1. The Hall–Kier alpha value is -0.970. The van der Waals surface area contributed by atoms with E-state index in [1.807, 2.05) is 4.90 Å². The molecule has 4 nitrogen and oxygen atoms in total. The lowest BCUT2D eigenvalue weighted by Gasteiger charge is -2.35. The Kier molecular flexibility index (Phi) is 6.36. The van der Waals surface area contributed by atoms with Gasteiger partial charge in [0.05, 0.1) is 15.7 Å². The maximum atomic E-state index is 12.3. The zero-order valence-corrected chi connectivity index (χ0v) is 14.6. The normalized spacial score (nSPS) is 16.1. The lowest BCUT2D eigenvalue weighted by atomic mass is 10.1.